The highest BCUT2D eigenvalue weighted by Gasteiger charge is 2.28. The van der Waals surface area contributed by atoms with Crippen molar-refractivity contribution < 1.29 is 14.6 Å². The van der Waals surface area contributed by atoms with Gasteiger partial charge in [0.05, 0.1) is 6.04 Å². The number of piperidine rings is 1. The summed E-state index contributed by atoms with van der Waals surface area (Å²) in [6.45, 7) is 5.90. The zero-order valence-corrected chi connectivity index (χ0v) is 17.3. The number of likely N-dealkylation sites (tertiary alicyclic amines) is 1. The molecule has 0 aliphatic carbocycles. The van der Waals surface area contributed by atoms with Gasteiger partial charge >= 0.3 is 0 Å². The van der Waals surface area contributed by atoms with Crippen LogP contribution in [0.1, 0.15) is 36.0 Å². The number of amides is 1. The van der Waals surface area contributed by atoms with Crippen molar-refractivity contribution in [2.24, 2.45) is 0 Å². The Morgan fingerprint density at radius 3 is 2.79 bits per heavy atom. The molecule has 156 valence electrons. The summed E-state index contributed by atoms with van der Waals surface area (Å²) in [4.78, 5) is 19.1. The third kappa shape index (κ3) is 6.02. The molecule has 1 fully saturated rings. The summed E-state index contributed by atoms with van der Waals surface area (Å²) in [6.07, 6.45) is 5.81. The van der Waals surface area contributed by atoms with Crippen molar-refractivity contribution in [3.05, 3.63) is 59.4 Å². The van der Waals surface area contributed by atoms with Crippen molar-refractivity contribution in [1.29, 1.82) is 0 Å². The van der Waals surface area contributed by atoms with Gasteiger partial charge in [-0.1, -0.05) is 30.7 Å². The van der Waals surface area contributed by atoms with Crippen LogP contribution in [0.25, 0.3) is 0 Å². The van der Waals surface area contributed by atoms with E-state index in [0.29, 0.717) is 6.54 Å². The molecule has 2 atom stereocenters. The molecular formula is C23H31N3O3. The van der Waals surface area contributed by atoms with Gasteiger partial charge in [0.1, 0.15) is 18.5 Å². The van der Waals surface area contributed by atoms with Crippen molar-refractivity contribution in [1.82, 2.24) is 15.2 Å². The van der Waals surface area contributed by atoms with Crippen LogP contribution in [0.4, 0.5) is 0 Å². The second kappa shape index (κ2) is 10.4. The van der Waals surface area contributed by atoms with E-state index in [9.17, 15) is 9.90 Å². The van der Waals surface area contributed by atoms with Crippen molar-refractivity contribution in [2.45, 2.75) is 51.8 Å². The van der Waals surface area contributed by atoms with Crippen LogP contribution < -0.4 is 10.1 Å². The summed E-state index contributed by atoms with van der Waals surface area (Å²) in [5.74, 6) is 0.771. The van der Waals surface area contributed by atoms with Gasteiger partial charge in [-0.3, -0.25) is 14.7 Å². The Hall–Kier alpha value is -2.44. The lowest BCUT2D eigenvalue weighted by molar-refractivity contribution is -0.128. The molecule has 1 aliphatic rings. The lowest BCUT2D eigenvalue weighted by Crippen LogP contribution is -2.50. The average molecular weight is 398 g/mol. The van der Waals surface area contributed by atoms with Gasteiger partial charge in [-0.15, -0.1) is 0 Å². The lowest BCUT2D eigenvalue weighted by atomic mass is 10.0. The van der Waals surface area contributed by atoms with Crippen LogP contribution in [-0.4, -0.2) is 52.7 Å². The number of nitrogens with zero attached hydrogens (tertiary/aromatic N) is 2. The number of para-hydroxylation sites is 1. The van der Waals surface area contributed by atoms with Gasteiger partial charge in [0.2, 0.25) is 5.91 Å². The SMILES string of the molecule is Cc1cccc(C)c1OCC(O)CNC(=O)C1CCCCN1Cc1cccnc1. The molecule has 6 heteroatoms. The zero-order valence-electron chi connectivity index (χ0n) is 17.3. The minimum Gasteiger partial charge on any atom is -0.490 e. The summed E-state index contributed by atoms with van der Waals surface area (Å²) in [6, 6.07) is 9.73. The van der Waals surface area contributed by atoms with E-state index in [2.05, 4.69) is 15.2 Å². The number of carbonyl (C=O) groups is 1. The van der Waals surface area contributed by atoms with Crippen LogP contribution in [0.15, 0.2) is 42.7 Å². The fourth-order valence-corrected chi connectivity index (χ4v) is 3.80. The third-order valence-corrected chi connectivity index (χ3v) is 5.37. The van der Waals surface area contributed by atoms with E-state index in [-0.39, 0.29) is 25.1 Å². The first-order valence-corrected chi connectivity index (χ1v) is 10.3. The Balaban J connectivity index is 1.49. The predicted molar refractivity (Wildman–Crippen MR) is 113 cm³/mol. The van der Waals surface area contributed by atoms with Crippen LogP contribution in [0, 0.1) is 13.8 Å². The van der Waals surface area contributed by atoms with Gasteiger partial charge in [-0.25, -0.2) is 0 Å². The number of hydrogen-bond acceptors (Lipinski definition) is 5. The molecule has 0 saturated carbocycles. The predicted octanol–water partition coefficient (Wildman–Crippen LogP) is 2.61. The van der Waals surface area contributed by atoms with Gasteiger partial charge in [0.25, 0.3) is 0 Å². The number of aryl methyl sites for hydroxylation is 2. The largest absolute Gasteiger partial charge is 0.490 e. The molecule has 0 bridgehead atoms. The Kier molecular flexibility index (Phi) is 7.61. The van der Waals surface area contributed by atoms with Crippen molar-refractivity contribution in [2.75, 3.05) is 19.7 Å². The molecule has 29 heavy (non-hydrogen) atoms. The number of aromatic nitrogens is 1. The van der Waals surface area contributed by atoms with Gasteiger partial charge in [0.15, 0.2) is 0 Å². The monoisotopic (exact) mass is 397 g/mol. The number of pyridine rings is 1. The van der Waals surface area contributed by atoms with Crippen molar-refractivity contribution in [3.8, 4) is 5.75 Å². The quantitative estimate of drug-likeness (QED) is 0.716. The van der Waals surface area contributed by atoms with E-state index >= 15 is 0 Å². The highest BCUT2D eigenvalue weighted by molar-refractivity contribution is 5.81. The van der Waals surface area contributed by atoms with Crippen molar-refractivity contribution in [3.63, 3.8) is 0 Å². The van der Waals surface area contributed by atoms with Gasteiger partial charge < -0.3 is 15.2 Å². The molecule has 2 heterocycles. The second-order valence-corrected chi connectivity index (χ2v) is 7.77. The molecule has 1 aromatic heterocycles. The van der Waals surface area contributed by atoms with E-state index in [4.69, 9.17) is 4.74 Å². The Labute approximate surface area is 172 Å². The average Bonchev–Trinajstić information content (AvgIpc) is 2.73. The molecule has 3 rings (SSSR count). The van der Waals surface area contributed by atoms with E-state index < -0.39 is 6.10 Å². The highest BCUT2D eigenvalue weighted by atomic mass is 16.5. The topological polar surface area (TPSA) is 74.7 Å². The first kappa shape index (κ1) is 21.3. The summed E-state index contributed by atoms with van der Waals surface area (Å²) in [7, 11) is 0. The molecule has 1 aromatic carbocycles. The molecule has 1 amide bonds. The number of aliphatic hydroxyl groups excluding tert-OH is 1. The molecule has 6 nitrogen and oxygen atoms in total. The number of benzene rings is 1. The first-order valence-electron chi connectivity index (χ1n) is 10.3. The standard InChI is InChI=1S/C23H31N3O3/c1-17-7-5-8-18(2)22(17)29-16-20(27)14-25-23(28)21-10-3-4-12-26(21)15-19-9-6-11-24-13-19/h5-9,11,13,20-21,27H,3-4,10,12,14-16H2,1-2H3,(H,25,28). The summed E-state index contributed by atoms with van der Waals surface area (Å²) < 4.78 is 5.79. The van der Waals surface area contributed by atoms with Gasteiger partial charge in [-0.2, -0.15) is 0 Å². The van der Waals surface area contributed by atoms with Gasteiger partial charge in [0, 0.05) is 25.5 Å². The number of aliphatic hydroxyl groups is 1. The number of nitrogens with one attached hydrogen (secondary N) is 1. The van der Waals surface area contributed by atoms with E-state index in [1.807, 2.05) is 50.4 Å². The van der Waals surface area contributed by atoms with Crippen molar-refractivity contribution >= 4 is 5.91 Å². The van der Waals surface area contributed by atoms with Crippen LogP contribution in [0.5, 0.6) is 5.75 Å². The van der Waals surface area contributed by atoms with E-state index in [0.717, 1.165) is 48.2 Å². The molecule has 0 radical (unpaired) electrons. The Morgan fingerprint density at radius 2 is 2.07 bits per heavy atom. The minimum atomic E-state index is -0.756. The number of carbonyl (C=O) groups excluding carboxylic acids is 1. The summed E-state index contributed by atoms with van der Waals surface area (Å²) >= 11 is 0. The van der Waals surface area contributed by atoms with E-state index in [1.165, 1.54) is 0 Å². The molecular weight excluding hydrogens is 366 g/mol. The molecule has 0 spiro atoms. The second-order valence-electron chi connectivity index (χ2n) is 7.77. The summed E-state index contributed by atoms with van der Waals surface area (Å²) in [5.41, 5.74) is 3.18. The molecule has 2 unspecified atom stereocenters. The number of ether oxygens (including phenoxy) is 1. The molecule has 2 N–H and O–H groups in total. The summed E-state index contributed by atoms with van der Waals surface area (Å²) in [5, 5.41) is 13.2. The van der Waals surface area contributed by atoms with Gasteiger partial charge in [-0.05, 0) is 56.0 Å². The Morgan fingerprint density at radius 1 is 1.28 bits per heavy atom. The number of hydrogen-bond donors (Lipinski definition) is 2. The van der Waals surface area contributed by atoms with Crippen LogP contribution in [0.2, 0.25) is 0 Å². The lowest BCUT2D eigenvalue weighted by Gasteiger charge is -2.34. The fraction of sp³-hybridized carbons (Fsp3) is 0.478. The maximum absolute atomic E-state index is 12.8. The fourth-order valence-electron chi connectivity index (χ4n) is 3.80. The smallest absolute Gasteiger partial charge is 0.237 e. The van der Waals surface area contributed by atoms with E-state index in [1.54, 1.807) is 6.20 Å². The van der Waals surface area contributed by atoms with Crippen LogP contribution in [0.3, 0.4) is 0 Å². The minimum absolute atomic E-state index is 0.0280. The maximum atomic E-state index is 12.8. The normalized spacial score (nSPS) is 18.2. The zero-order chi connectivity index (χ0) is 20.6. The van der Waals surface area contributed by atoms with Crippen LogP contribution >= 0.6 is 0 Å². The molecule has 1 aliphatic heterocycles. The van der Waals surface area contributed by atoms with Crippen LogP contribution in [-0.2, 0) is 11.3 Å². The molecule has 1 saturated heterocycles. The number of rotatable bonds is 8. The molecule has 2 aromatic rings. The third-order valence-electron chi connectivity index (χ3n) is 5.37. The maximum Gasteiger partial charge on any atom is 0.237 e. The highest BCUT2D eigenvalue weighted by Crippen LogP contribution is 2.22. The Bertz CT molecular complexity index is 777. The first-order chi connectivity index (χ1) is 14.0.